The summed E-state index contributed by atoms with van der Waals surface area (Å²) in [4.78, 5) is 16.2. The first-order valence-electron chi connectivity index (χ1n) is 9.22. The van der Waals surface area contributed by atoms with Crippen molar-refractivity contribution in [1.29, 1.82) is 0 Å². The van der Waals surface area contributed by atoms with E-state index in [1.165, 1.54) is 0 Å². The van der Waals surface area contributed by atoms with Crippen LogP contribution in [0.3, 0.4) is 0 Å². The van der Waals surface area contributed by atoms with Gasteiger partial charge in [-0.1, -0.05) is 42.8 Å². The van der Waals surface area contributed by atoms with E-state index in [4.69, 9.17) is 16.3 Å². The van der Waals surface area contributed by atoms with Crippen LogP contribution in [0.15, 0.2) is 54.6 Å². The third-order valence-electron chi connectivity index (χ3n) is 4.65. The topological polar surface area (TPSA) is 81.1 Å². The molecule has 0 saturated carbocycles. The molecule has 0 spiro atoms. The van der Waals surface area contributed by atoms with Crippen LogP contribution >= 0.6 is 11.6 Å². The molecular weight excluding hydrogens is 390 g/mol. The minimum Gasteiger partial charge on any atom is -0.497 e. The SMILES string of the molecule is CCC(=O)Nc1nc2n(n1)C(c1ccc(OC)cc1)C=C(c1ccc(Cl)cc1)N2. The molecule has 0 bridgehead atoms. The number of halogens is 1. The summed E-state index contributed by atoms with van der Waals surface area (Å²) in [6.07, 6.45) is 2.42. The predicted octanol–water partition coefficient (Wildman–Crippen LogP) is 4.34. The van der Waals surface area contributed by atoms with Gasteiger partial charge >= 0.3 is 0 Å². The fourth-order valence-electron chi connectivity index (χ4n) is 3.10. The Kier molecular flexibility index (Phi) is 5.22. The molecule has 0 aliphatic carbocycles. The lowest BCUT2D eigenvalue weighted by Crippen LogP contribution is -2.20. The Bertz CT molecular complexity index is 1060. The van der Waals surface area contributed by atoms with Crippen molar-refractivity contribution >= 4 is 35.1 Å². The molecule has 1 aromatic heterocycles. The Morgan fingerprint density at radius 3 is 2.59 bits per heavy atom. The monoisotopic (exact) mass is 409 g/mol. The molecule has 2 N–H and O–H groups in total. The van der Waals surface area contributed by atoms with Gasteiger partial charge in [0.2, 0.25) is 11.9 Å². The van der Waals surface area contributed by atoms with Crippen molar-refractivity contribution in [2.75, 3.05) is 17.7 Å². The van der Waals surface area contributed by atoms with Crippen LogP contribution in [-0.2, 0) is 4.79 Å². The number of anilines is 2. The second-order valence-electron chi connectivity index (χ2n) is 6.54. The summed E-state index contributed by atoms with van der Waals surface area (Å²) in [7, 11) is 1.64. The Hall–Kier alpha value is -3.32. The second kappa shape index (κ2) is 7.97. The van der Waals surface area contributed by atoms with Gasteiger partial charge in [0.15, 0.2) is 0 Å². The van der Waals surface area contributed by atoms with Crippen molar-refractivity contribution in [2.45, 2.75) is 19.4 Å². The van der Waals surface area contributed by atoms with E-state index in [-0.39, 0.29) is 17.9 Å². The maximum Gasteiger partial charge on any atom is 0.250 e. The van der Waals surface area contributed by atoms with Crippen LogP contribution < -0.4 is 15.4 Å². The lowest BCUT2D eigenvalue weighted by molar-refractivity contribution is -0.115. The number of carbonyl (C=O) groups excluding carboxylic acids is 1. The number of methoxy groups -OCH3 is 1. The molecule has 3 aromatic rings. The van der Waals surface area contributed by atoms with Crippen LogP contribution in [0, 0.1) is 0 Å². The number of amides is 1. The van der Waals surface area contributed by atoms with Gasteiger partial charge in [0.1, 0.15) is 11.8 Å². The smallest absolute Gasteiger partial charge is 0.250 e. The molecule has 1 aliphatic heterocycles. The molecular formula is C21H20ClN5O2. The van der Waals surface area contributed by atoms with E-state index in [1.807, 2.05) is 48.5 Å². The average Bonchev–Trinajstić information content (AvgIpc) is 3.15. The van der Waals surface area contributed by atoms with Gasteiger partial charge in [-0.05, 0) is 41.5 Å². The van der Waals surface area contributed by atoms with Crippen LogP contribution in [-0.4, -0.2) is 27.8 Å². The van der Waals surface area contributed by atoms with Crippen molar-refractivity contribution in [3.8, 4) is 5.75 Å². The number of hydrogen-bond acceptors (Lipinski definition) is 5. The molecule has 4 rings (SSSR count). The molecule has 0 fully saturated rings. The zero-order valence-electron chi connectivity index (χ0n) is 16.0. The maximum atomic E-state index is 11.8. The van der Waals surface area contributed by atoms with Gasteiger partial charge in [-0.15, -0.1) is 5.10 Å². The Balaban J connectivity index is 1.76. The normalized spacial score (nSPS) is 15.1. The van der Waals surface area contributed by atoms with Gasteiger partial charge in [-0.2, -0.15) is 4.98 Å². The molecule has 1 aliphatic rings. The average molecular weight is 410 g/mol. The van der Waals surface area contributed by atoms with Crippen molar-refractivity contribution in [1.82, 2.24) is 14.8 Å². The summed E-state index contributed by atoms with van der Waals surface area (Å²) in [6, 6.07) is 15.1. The molecule has 1 atom stereocenters. The summed E-state index contributed by atoms with van der Waals surface area (Å²) in [5, 5.41) is 11.2. The molecule has 7 nitrogen and oxygen atoms in total. The predicted molar refractivity (Wildman–Crippen MR) is 113 cm³/mol. The first-order chi connectivity index (χ1) is 14.1. The first-order valence-corrected chi connectivity index (χ1v) is 9.60. The highest BCUT2D eigenvalue weighted by atomic mass is 35.5. The number of benzene rings is 2. The van der Waals surface area contributed by atoms with Crippen molar-refractivity contribution in [3.63, 3.8) is 0 Å². The molecule has 2 aromatic carbocycles. The lowest BCUT2D eigenvalue weighted by atomic mass is 10.0. The molecule has 1 amide bonds. The third-order valence-corrected chi connectivity index (χ3v) is 4.90. The quantitative estimate of drug-likeness (QED) is 0.655. The number of nitrogens with one attached hydrogen (secondary N) is 2. The summed E-state index contributed by atoms with van der Waals surface area (Å²) >= 11 is 6.03. The fourth-order valence-corrected chi connectivity index (χ4v) is 3.22. The van der Waals surface area contributed by atoms with Gasteiger partial charge in [0.25, 0.3) is 5.95 Å². The largest absolute Gasteiger partial charge is 0.497 e. The first kappa shape index (κ1) is 19.0. The van der Waals surface area contributed by atoms with Gasteiger partial charge in [0.05, 0.1) is 7.11 Å². The fraction of sp³-hybridized carbons (Fsp3) is 0.190. The minimum absolute atomic E-state index is 0.139. The van der Waals surface area contributed by atoms with E-state index in [9.17, 15) is 4.79 Å². The zero-order valence-corrected chi connectivity index (χ0v) is 16.8. The molecule has 1 unspecified atom stereocenters. The maximum absolute atomic E-state index is 11.8. The molecule has 0 radical (unpaired) electrons. The number of fused-ring (bicyclic) bond motifs is 1. The third kappa shape index (κ3) is 3.95. The van der Waals surface area contributed by atoms with Crippen molar-refractivity contribution in [2.24, 2.45) is 0 Å². The Labute approximate surface area is 173 Å². The van der Waals surface area contributed by atoms with Crippen molar-refractivity contribution < 1.29 is 9.53 Å². The summed E-state index contributed by atoms with van der Waals surface area (Å²) in [6.45, 7) is 1.78. The van der Waals surface area contributed by atoms with Crippen molar-refractivity contribution in [3.05, 3.63) is 70.8 Å². The summed E-state index contributed by atoms with van der Waals surface area (Å²) in [5.74, 6) is 1.45. The number of aromatic nitrogens is 3. The van der Waals surface area contributed by atoms with Crippen LogP contribution in [0.5, 0.6) is 5.75 Å². The number of carbonyl (C=O) groups is 1. The van der Waals surface area contributed by atoms with E-state index >= 15 is 0 Å². The van der Waals surface area contributed by atoms with Crippen LogP contribution in [0.4, 0.5) is 11.9 Å². The van der Waals surface area contributed by atoms with E-state index in [0.717, 1.165) is 22.6 Å². The number of hydrogen-bond donors (Lipinski definition) is 2. The highest BCUT2D eigenvalue weighted by Gasteiger charge is 2.25. The van der Waals surface area contributed by atoms with Gasteiger partial charge in [0, 0.05) is 17.1 Å². The van der Waals surface area contributed by atoms with E-state index in [2.05, 4.69) is 26.8 Å². The van der Waals surface area contributed by atoms with Gasteiger partial charge < -0.3 is 10.1 Å². The Morgan fingerprint density at radius 2 is 1.93 bits per heavy atom. The standard InChI is InChI=1S/C21H20ClN5O2/c1-3-19(28)24-20-25-21-23-17(13-4-8-15(22)9-5-13)12-18(27(21)26-20)14-6-10-16(29-2)11-7-14/h4-12,18H,3H2,1-2H3,(H2,23,24,25,26,28). The lowest BCUT2D eigenvalue weighted by Gasteiger charge is -2.24. The van der Waals surface area contributed by atoms with Crippen LogP contribution in [0.1, 0.15) is 30.5 Å². The van der Waals surface area contributed by atoms with E-state index in [0.29, 0.717) is 17.4 Å². The molecule has 2 heterocycles. The number of allylic oxidation sites excluding steroid dienone is 1. The molecule has 29 heavy (non-hydrogen) atoms. The highest BCUT2D eigenvalue weighted by molar-refractivity contribution is 6.30. The Morgan fingerprint density at radius 1 is 1.21 bits per heavy atom. The second-order valence-corrected chi connectivity index (χ2v) is 6.97. The highest BCUT2D eigenvalue weighted by Crippen LogP contribution is 2.34. The molecule has 8 heteroatoms. The van der Waals surface area contributed by atoms with Gasteiger partial charge in [-0.3, -0.25) is 10.1 Å². The summed E-state index contributed by atoms with van der Waals surface area (Å²) in [5.41, 5.74) is 2.87. The minimum atomic E-state index is -0.206. The zero-order chi connectivity index (χ0) is 20.4. The molecule has 0 saturated heterocycles. The number of rotatable bonds is 5. The van der Waals surface area contributed by atoms with E-state index < -0.39 is 0 Å². The number of ether oxygens (including phenoxy) is 1. The molecule has 148 valence electrons. The number of nitrogens with zero attached hydrogens (tertiary/aromatic N) is 3. The van der Waals surface area contributed by atoms with E-state index in [1.54, 1.807) is 18.7 Å². The van der Waals surface area contributed by atoms with Crippen LogP contribution in [0.25, 0.3) is 5.70 Å². The van der Waals surface area contributed by atoms with Crippen LogP contribution in [0.2, 0.25) is 5.02 Å². The van der Waals surface area contributed by atoms with Gasteiger partial charge in [-0.25, -0.2) is 4.68 Å². The summed E-state index contributed by atoms with van der Waals surface area (Å²) < 4.78 is 7.02.